The largest absolute Gasteiger partial charge is 0.497 e. The van der Waals surface area contributed by atoms with Gasteiger partial charge < -0.3 is 25.2 Å². The van der Waals surface area contributed by atoms with Crippen LogP contribution in [0.4, 0.5) is 11.5 Å². The normalized spacial score (nSPS) is 11.0. The molecule has 0 fully saturated rings. The van der Waals surface area contributed by atoms with E-state index in [1.807, 2.05) is 6.07 Å². The zero-order valence-corrected chi connectivity index (χ0v) is 22.1. The Labute approximate surface area is 229 Å². The van der Waals surface area contributed by atoms with Gasteiger partial charge in [-0.1, -0.05) is 41.6 Å². The summed E-state index contributed by atoms with van der Waals surface area (Å²) in [5, 5.41) is 12.0. The third kappa shape index (κ3) is 8.08. The second-order valence-corrected chi connectivity index (χ2v) is 9.35. The molecule has 0 aliphatic rings. The Morgan fingerprint density at radius 1 is 0.949 bits per heavy atom. The summed E-state index contributed by atoms with van der Waals surface area (Å²) in [7, 11) is 1.55. The molecule has 0 saturated carbocycles. The van der Waals surface area contributed by atoms with Crippen LogP contribution in [-0.2, 0) is 9.59 Å². The summed E-state index contributed by atoms with van der Waals surface area (Å²) in [5.74, 6) is 0.534. The fourth-order valence-corrected chi connectivity index (χ4v) is 4.21. The zero-order valence-electron chi connectivity index (χ0n) is 21.3. The van der Waals surface area contributed by atoms with Gasteiger partial charge in [0.2, 0.25) is 5.91 Å². The highest BCUT2D eigenvalue weighted by Gasteiger charge is 2.16. The predicted molar refractivity (Wildman–Crippen MR) is 151 cm³/mol. The summed E-state index contributed by atoms with van der Waals surface area (Å²) >= 11 is 1.30. The minimum atomic E-state index is -0.511. The number of hydrogen-bond donors (Lipinski definition) is 3. The molecule has 198 valence electrons. The minimum Gasteiger partial charge on any atom is -0.497 e. The van der Waals surface area contributed by atoms with Crippen LogP contribution in [0.25, 0.3) is 6.08 Å². The van der Waals surface area contributed by atoms with Crippen LogP contribution < -0.4 is 20.7 Å². The second kappa shape index (κ2) is 13.1. The van der Waals surface area contributed by atoms with Crippen molar-refractivity contribution >= 4 is 47.1 Å². The summed E-state index contributed by atoms with van der Waals surface area (Å²) in [6.45, 7) is 1.74. The van der Waals surface area contributed by atoms with Gasteiger partial charge in [-0.2, -0.15) is 0 Å². The van der Waals surface area contributed by atoms with Gasteiger partial charge in [0.05, 0.1) is 12.9 Å². The van der Waals surface area contributed by atoms with Crippen LogP contribution in [0.5, 0.6) is 5.75 Å². The lowest BCUT2D eigenvalue weighted by Crippen LogP contribution is -2.30. The molecule has 39 heavy (non-hydrogen) atoms. The monoisotopic (exact) mass is 542 g/mol. The number of amides is 3. The molecule has 1 heterocycles. The van der Waals surface area contributed by atoms with Gasteiger partial charge >= 0.3 is 0 Å². The highest BCUT2D eigenvalue weighted by atomic mass is 32.2. The van der Waals surface area contributed by atoms with Crippen molar-refractivity contribution in [2.75, 3.05) is 23.5 Å². The molecule has 4 rings (SSSR count). The Morgan fingerprint density at radius 3 is 2.49 bits per heavy atom. The van der Waals surface area contributed by atoms with Crippen molar-refractivity contribution in [2.45, 2.75) is 11.8 Å². The van der Waals surface area contributed by atoms with Crippen LogP contribution in [0.3, 0.4) is 0 Å². The van der Waals surface area contributed by atoms with Crippen LogP contribution in [0.2, 0.25) is 0 Å². The maximum atomic E-state index is 13.3. The van der Waals surface area contributed by atoms with E-state index >= 15 is 0 Å². The first-order valence-electron chi connectivity index (χ1n) is 11.9. The summed E-state index contributed by atoms with van der Waals surface area (Å²) in [5.41, 5.74) is 1.64. The van der Waals surface area contributed by atoms with E-state index in [4.69, 9.17) is 9.26 Å². The van der Waals surface area contributed by atoms with Crippen molar-refractivity contribution in [3.63, 3.8) is 0 Å². The number of thioether (sulfide) groups is 1. The van der Waals surface area contributed by atoms with Gasteiger partial charge in [-0.05, 0) is 61.0 Å². The lowest BCUT2D eigenvalue weighted by Gasteiger charge is -2.12. The quantitative estimate of drug-likeness (QED) is 0.188. The first-order valence-corrected chi connectivity index (χ1v) is 12.9. The molecule has 0 aliphatic heterocycles. The molecule has 4 aromatic rings. The molecule has 0 unspecified atom stereocenters. The van der Waals surface area contributed by atoms with Crippen molar-refractivity contribution in [1.82, 2.24) is 10.5 Å². The predicted octanol–water partition coefficient (Wildman–Crippen LogP) is 5.13. The van der Waals surface area contributed by atoms with Gasteiger partial charge in [0.25, 0.3) is 11.8 Å². The SMILES string of the molecule is COc1cccc(/C=C(\NC(=O)c2ccccc2)C(=O)Nc2cccc(SCC(=O)Nc3cc(C)on3)c2)c1. The number of hydrogen-bond acceptors (Lipinski definition) is 7. The van der Waals surface area contributed by atoms with Crippen LogP contribution in [0.15, 0.2) is 100 Å². The maximum Gasteiger partial charge on any atom is 0.272 e. The third-order valence-corrected chi connectivity index (χ3v) is 6.28. The Morgan fingerprint density at radius 2 is 1.74 bits per heavy atom. The number of anilines is 2. The smallest absolute Gasteiger partial charge is 0.272 e. The highest BCUT2D eigenvalue weighted by molar-refractivity contribution is 8.00. The summed E-state index contributed by atoms with van der Waals surface area (Å²) in [6.07, 6.45) is 1.58. The van der Waals surface area contributed by atoms with E-state index in [1.54, 1.807) is 99.0 Å². The van der Waals surface area contributed by atoms with Crippen LogP contribution >= 0.6 is 11.8 Å². The maximum absolute atomic E-state index is 13.3. The summed E-state index contributed by atoms with van der Waals surface area (Å²) < 4.78 is 10.2. The Bertz CT molecular complexity index is 1500. The zero-order chi connectivity index (χ0) is 27.6. The van der Waals surface area contributed by atoms with E-state index in [9.17, 15) is 14.4 Å². The van der Waals surface area contributed by atoms with E-state index in [2.05, 4.69) is 21.1 Å². The molecule has 3 amide bonds. The van der Waals surface area contributed by atoms with E-state index in [0.717, 1.165) is 4.90 Å². The average molecular weight is 543 g/mol. The number of benzene rings is 3. The molecule has 0 saturated heterocycles. The lowest BCUT2D eigenvalue weighted by atomic mass is 10.1. The Hall–Kier alpha value is -4.83. The molecule has 3 N–H and O–H groups in total. The number of carbonyl (C=O) groups excluding carboxylic acids is 3. The van der Waals surface area contributed by atoms with Gasteiger partial charge in [0.15, 0.2) is 5.82 Å². The van der Waals surface area contributed by atoms with E-state index in [0.29, 0.717) is 34.1 Å². The van der Waals surface area contributed by atoms with Crippen molar-refractivity contribution in [3.05, 3.63) is 108 Å². The van der Waals surface area contributed by atoms with Gasteiger partial charge in [-0.15, -0.1) is 11.8 Å². The molecule has 0 radical (unpaired) electrons. The molecule has 0 aliphatic carbocycles. The number of ether oxygens (including phenoxy) is 1. The number of rotatable bonds is 10. The van der Waals surface area contributed by atoms with Gasteiger partial charge in [0, 0.05) is 22.2 Å². The van der Waals surface area contributed by atoms with Gasteiger partial charge in [-0.25, -0.2) is 0 Å². The van der Waals surface area contributed by atoms with Crippen molar-refractivity contribution in [1.29, 1.82) is 0 Å². The van der Waals surface area contributed by atoms with E-state index in [1.165, 1.54) is 11.8 Å². The number of aromatic nitrogens is 1. The van der Waals surface area contributed by atoms with Gasteiger partial charge in [0.1, 0.15) is 17.2 Å². The lowest BCUT2D eigenvalue weighted by molar-refractivity contribution is -0.114. The molecule has 0 atom stereocenters. The van der Waals surface area contributed by atoms with Crippen LogP contribution in [0, 0.1) is 6.92 Å². The van der Waals surface area contributed by atoms with Gasteiger partial charge in [-0.3, -0.25) is 14.4 Å². The standard InChI is InChI=1S/C29H26N4O5S/c1-19-14-26(33-38-19)32-27(34)18-39-24-13-7-11-22(17-24)30-29(36)25(16-20-8-6-12-23(15-20)37-2)31-28(35)21-9-4-3-5-10-21/h3-17H,18H2,1-2H3,(H,30,36)(H,31,35)(H,32,33,34)/b25-16-. The fraction of sp³-hybridized carbons (Fsp3) is 0.103. The summed E-state index contributed by atoms with van der Waals surface area (Å²) in [4.78, 5) is 39.2. The molecular formula is C29H26N4O5S. The third-order valence-electron chi connectivity index (χ3n) is 5.29. The first-order chi connectivity index (χ1) is 18.9. The minimum absolute atomic E-state index is 0.0532. The summed E-state index contributed by atoms with van der Waals surface area (Å²) in [6, 6.07) is 24.5. The average Bonchev–Trinajstić information content (AvgIpc) is 3.36. The van der Waals surface area contributed by atoms with Crippen LogP contribution in [-0.4, -0.2) is 35.7 Å². The highest BCUT2D eigenvalue weighted by Crippen LogP contribution is 2.23. The number of aryl methyl sites for hydroxylation is 1. The molecule has 1 aromatic heterocycles. The number of methoxy groups -OCH3 is 1. The number of nitrogens with one attached hydrogen (secondary N) is 3. The number of nitrogens with zero attached hydrogens (tertiary/aromatic N) is 1. The molecule has 0 spiro atoms. The molecular weight excluding hydrogens is 516 g/mol. The van der Waals surface area contributed by atoms with Crippen LogP contribution in [0.1, 0.15) is 21.7 Å². The Balaban J connectivity index is 1.47. The first kappa shape index (κ1) is 27.2. The molecule has 3 aromatic carbocycles. The topological polar surface area (TPSA) is 123 Å². The second-order valence-electron chi connectivity index (χ2n) is 8.30. The molecule has 0 bridgehead atoms. The Kier molecular flexibility index (Phi) is 9.15. The van der Waals surface area contributed by atoms with E-state index < -0.39 is 11.8 Å². The molecule has 10 heteroatoms. The van der Waals surface area contributed by atoms with Crippen molar-refractivity contribution in [2.24, 2.45) is 0 Å². The van der Waals surface area contributed by atoms with E-state index in [-0.39, 0.29) is 17.4 Å². The molecule has 9 nitrogen and oxygen atoms in total. The number of carbonyl (C=O) groups is 3. The fourth-order valence-electron chi connectivity index (χ4n) is 3.46. The van der Waals surface area contributed by atoms with Crippen molar-refractivity contribution in [3.8, 4) is 5.75 Å². The van der Waals surface area contributed by atoms with Crippen molar-refractivity contribution < 1.29 is 23.6 Å².